The molecule has 1 aromatic rings. The standard InChI is InChI=1S/C12H15BrN2O2/c1-7-4-8(13)2-3-10(7)15-12(17)11-5-9(16)6-14-11/h2-4,9,11,14,16H,5-6H2,1H3,(H,15,17). The first-order valence-corrected chi connectivity index (χ1v) is 6.34. The molecule has 0 aromatic heterocycles. The van der Waals surface area contributed by atoms with E-state index in [1.807, 2.05) is 25.1 Å². The zero-order chi connectivity index (χ0) is 12.4. The number of nitrogens with one attached hydrogen (secondary N) is 2. The molecule has 2 rings (SSSR count). The van der Waals surface area contributed by atoms with Crippen LogP contribution in [0.5, 0.6) is 0 Å². The zero-order valence-corrected chi connectivity index (χ0v) is 11.1. The molecule has 5 heteroatoms. The normalized spacial score (nSPS) is 23.7. The Hall–Kier alpha value is -0.910. The summed E-state index contributed by atoms with van der Waals surface area (Å²) in [6, 6.07) is 5.41. The Morgan fingerprint density at radius 1 is 1.59 bits per heavy atom. The monoisotopic (exact) mass is 298 g/mol. The summed E-state index contributed by atoms with van der Waals surface area (Å²) in [5, 5.41) is 15.2. The largest absolute Gasteiger partial charge is 0.392 e. The van der Waals surface area contributed by atoms with Crippen LogP contribution in [0.25, 0.3) is 0 Å². The van der Waals surface area contributed by atoms with Gasteiger partial charge < -0.3 is 15.7 Å². The van der Waals surface area contributed by atoms with Crippen LogP contribution in [0.2, 0.25) is 0 Å². The molecule has 3 N–H and O–H groups in total. The third-order valence-corrected chi connectivity index (χ3v) is 3.36. The van der Waals surface area contributed by atoms with E-state index in [0.29, 0.717) is 13.0 Å². The third kappa shape index (κ3) is 3.06. The summed E-state index contributed by atoms with van der Waals surface area (Å²) < 4.78 is 0.988. The van der Waals surface area contributed by atoms with E-state index in [1.165, 1.54) is 0 Å². The van der Waals surface area contributed by atoms with Crippen LogP contribution in [0.15, 0.2) is 22.7 Å². The minimum absolute atomic E-state index is 0.0908. The summed E-state index contributed by atoms with van der Waals surface area (Å²) >= 11 is 3.38. The Kier molecular flexibility index (Phi) is 3.81. The van der Waals surface area contributed by atoms with Gasteiger partial charge in [-0.3, -0.25) is 4.79 Å². The second kappa shape index (κ2) is 5.16. The van der Waals surface area contributed by atoms with E-state index in [4.69, 9.17) is 0 Å². The van der Waals surface area contributed by atoms with Crippen molar-refractivity contribution in [1.82, 2.24) is 5.32 Å². The molecule has 4 nitrogen and oxygen atoms in total. The molecule has 0 spiro atoms. The topological polar surface area (TPSA) is 61.4 Å². The molecule has 1 aromatic carbocycles. The van der Waals surface area contributed by atoms with E-state index in [-0.39, 0.29) is 11.9 Å². The maximum absolute atomic E-state index is 11.9. The van der Waals surface area contributed by atoms with Crippen molar-refractivity contribution in [3.8, 4) is 0 Å². The maximum atomic E-state index is 11.9. The van der Waals surface area contributed by atoms with E-state index in [2.05, 4.69) is 26.6 Å². The Bertz CT molecular complexity index is 437. The lowest BCUT2D eigenvalue weighted by molar-refractivity contribution is -0.117. The second-order valence-electron chi connectivity index (χ2n) is 4.30. The number of hydrogen-bond acceptors (Lipinski definition) is 3. The molecule has 0 bridgehead atoms. The molecule has 1 aliphatic rings. The molecule has 1 saturated heterocycles. The smallest absolute Gasteiger partial charge is 0.241 e. The van der Waals surface area contributed by atoms with E-state index in [0.717, 1.165) is 15.7 Å². The molecule has 0 saturated carbocycles. The van der Waals surface area contributed by atoms with Crippen molar-refractivity contribution < 1.29 is 9.90 Å². The predicted octanol–water partition coefficient (Wildman–Crippen LogP) is 1.42. The number of β-amino-alcohol motifs (C(OH)–C–C–N with tert-alkyl or cyclic N) is 1. The summed E-state index contributed by atoms with van der Waals surface area (Å²) in [6.07, 6.45) is 0.0540. The van der Waals surface area contributed by atoms with Gasteiger partial charge in [-0.15, -0.1) is 0 Å². The Morgan fingerprint density at radius 3 is 2.94 bits per heavy atom. The Labute approximate surface area is 109 Å². The highest BCUT2D eigenvalue weighted by Gasteiger charge is 2.28. The van der Waals surface area contributed by atoms with E-state index in [9.17, 15) is 9.90 Å². The molecule has 1 fully saturated rings. The van der Waals surface area contributed by atoms with Gasteiger partial charge in [0, 0.05) is 16.7 Å². The molecule has 0 radical (unpaired) electrons. The molecule has 2 unspecified atom stereocenters. The lowest BCUT2D eigenvalue weighted by atomic mass is 10.1. The molecule has 0 aliphatic carbocycles. The lowest BCUT2D eigenvalue weighted by Gasteiger charge is -2.13. The van der Waals surface area contributed by atoms with Gasteiger partial charge >= 0.3 is 0 Å². The number of halogens is 1. The minimum Gasteiger partial charge on any atom is -0.392 e. The number of hydrogen-bond donors (Lipinski definition) is 3. The van der Waals surface area contributed by atoms with Gasteiger partial charge in [0.1, 0.15) is 0 Å². The molecule has 1 amide bonds. The average Bonchev–Trinajstić information content (AvgIpc) is 2.69. The van der Waals surface area contributed by atoms with Crippen LogP contribution in [-0.4, -0.2) is 29.7 Å². The predicted molar refractivity (Wildman–Crippen MR) is 69.9 cm³/mol. The van der Waals surface area contributed by atoms with Gasteiger partial charge in [-0.2, -0.15) is 0 Å². The summed E-state index contributed by atoms with van der Waals surface area (Å²) in [5.41, 5.74) is 1.81. The number of aliphatic hydroxyl groups is 1. The van der Waals surface area contributed by atoms with Crippen molar-refractivity contribution in [2.45, 2.75) is 25.5 Å². The number of aryl methyl sites for hydroxylation is 1. The van der Waals surface area contributed by atoms with E-state index in [1.54, 1.807) is 0 Å². The zero-order valence-electron chi connectivity index (χ0n) is 9.53. The van der Waals surface area contributed by atoms with Gasteiger partial charge in [0.15, 0.2) is 0 Å². The summed E-state index contributed by atoms with van der Waals surface area (Å²) in [5.74, 6) is -0.0908. The van der Waals surface area contributed by atoms with Crippen LogP contribution >= 0.6 is 15.9 Å². The Morgan fingerprint density at radius 2 is 2.35 bits per heavy atom. The highest BCUT2D eigenvalue weighted by molar-refractivity contribution is 9.10. The minimum atomic E-state index is -0.420. The fraction of sp³-hybridized carbons (Fsp3) is 0.417. The van der Waals surface area contributed by atoms with Crippen molar-refractivity contribution in [2.75, 3.05) is 11.9 Å². The van der Waals surface area contributed by atoms with Gasteiger partial charge in [0.05, 0.1) is 12.1 Å². The van der Waals surface area contributed by atoms with E-state index >= 15 is 0 Å². The lowest BCUT2D eigenvalue weighted by Crippen LogP contribution is -2.35. The first-order valence-electron chi connectivity index (χ1n) is 5.54. The number of carbonyl (C=O) groups excluding carboxylic acids is 1. The van der Waals surface area contributed by atoms with Gasteiger partial charge in [-0.05, 0) is 37.1 Å². The number of amides is 1. The van der Waals surface area contributed by atoms with Crippen molar-refractivity contribution in [1.29, 1.82) is 0 Å². The quantitative estimate of drug-likeness (QED) is 0.774. The number of anilines is 1. The summed E-state index contributed by atoms with van der Waals surface area (Å²) in [7, 11) is 0. The Balaban J connectivity index is 2.03. The van der Waals surface area contributed by atoms with Crippen LogP contribution in [0.3, 0.4) is 0 Å². The number of rotatable bonds is 2. The van der Waals surface area contributed by atoms with Crippen LogP contribution < -0.4 is 10.6 Å². The van der Waals surface area contributed by atoms with Crippen LogP contribution in [0.1, 0.15) is 12.0 Å². The molecular formula is C12H15BrN2O2. The summed E-state index contributed by atoms with van der Waals surface area (Å²) in [6.45, 7) is 2.43. The van der Waals surface area contributed by atoms with Gasteiger partial charge in [0.2, 0.25) is 5.91 Å². The van der Waals surface area contributed by atoms with Gasteiger partial charge in [-0.25, -0.2) is 0 Å². The van der Waals surface area contributed by atoms with Gasteiger partial charge in [-0.1, -0.05) is 15.9 Å². The molecular weight excluding hydrogens is 284 g/mol. The highest BCUT2D eigenvalue weighted by atomic mass is 79.9. The molecule has 92 valence electrons. The number of benzene rings is 1. The van der Waals surface area contributed by atoms with Crippen LogP contribution in [0, 0.1) is 6.92 Å². The van der Waals surface area contributed by atoms with Gasteiger partial charge in [0.25, 0.3) is 0 Å². The fourth-order valence-corrected chi connectivity index (χ4v) is 2.38. The first kappa shape index (κ1) is 12.5. The average molecular weight is 299 g/mol. The van der Waals surface area contributed by atoms with Crippen molar-refractivity contribution >= 4 is 27.5 Å². The molecule has 1 heterocycles. The van der Waals surface area contributed by atoms with E-state index < -0.39 is 6.10 Å². The number of aliphatic hydroxyl groups excluding tert-OH is 1. The SMILES string of the molecule is Cc1cc(Br)ccc1NC(=O)C1CC(O)CN1. The number of carbonyl (C=O) groups is 1. The maximum Gasteiger partial charge on any atom is 0.241 e. The van der Waals surface area contributed by atoms with Crippen LogP contribution in [0.4, 0.5) is 5.69 Å². The second-order valence-corrected chi connectivity index (χ2v) is 5.21. The highest BCUT2D eigenvalue weighted by Crippen LogP contribution is 2.20. The molecule has 1 aliphatic heterocycles. The van der Waals surface area contributed by atoms with Crippen molar-refractivity contribution in [3.05, 3.63) is 28.2 Å². The first-order chi connectivity index (χ1) is 8.06. The fourth-order valence-electron chi connectivity index (χ4n) is 1.90. The third-order valence-electron chi connectivity index (χ3n) is 2.87. The van der Waals surface area contributed by atoms with Crippen molar-refractivity contribution in [2.24, 2.45) is 0 Å². The van der Waals surface area contributed by atoms with Crippen LogP contribution in [-0.2, 0) is 4.79 Å². The molecule has 17 heavy (non-hydrogen) atoms. The van der Waals surface area contributed by atoms with Crippen molar-refractivity contribution in [3.63, 3.8) is 0 Å². The summed E-state index contributed by atoms with van der Waals surface area (Å²) in [4.78, 5) is 11.9. The molecule has 2 atom stereocenters.